The zero-order chi connectivity index (χ0) is 16.4. The number of anilines is 1. The largest absolute Gasteiger partial charge is 0.344 e. The molecule has 3 nitrogen and oxygen atoms in total. The molecule has 0 aliphatic carbocycles. The summed E-state index contributed by atoms with van der Waals surface area (Å²) in [5.74, 6) is 0. The minimum atomic E-state index is -0.0202. The summed E-state index contributed by atoms with van der Waals surface area (Å²) in [7, 11) is 0. The Kier molecular flexibility index (Phi) is 3.80. The minimum absolute atomic E-state index is 0.0202. The maximum atomic E-state index is 8.82. The summed E-state index contributed by atoms with van der Waals surface area (Å²) >= 11 is 0. The lowest BCUT2D eigenvalue weighted by molar-refractivity contribution is 0.595. The van der Waals surface area contributed by atoms with E-state index in [1.165, 1.54) is 22.5 Å². The molecule has 1 aromatic carbocycles. The maximum Gasteiger partial charge on any atom is 0.129 e. The number of allylic oxidation sites excluding steroid dienone is 6. The molecule has 3 heteroatoms. The van der Waals surface area contributed by atoms with Gasteiger partial charge in [0.1, 0.15) is 17.7 Å². The molecule has 3 rings (SSSR count). The number of nitriles is 2. The Hall–Kier alpha value is -2.78. The fraction of sp³-hybridized carbons (Fsp3) is 0.300. The number of hydrogen-bond acceptors (Lipinski definition) is 3. The minimum Gasteiger partial charge on any atom is -0.344 e. The molecule has 0 N–H and O–H groups in total. The van der Waals surface area contributed by atoms with Crippen molar-refractivity contribution >= 4 is 5.69 Å². The topological polar surface area (TPSA) is 50.8 Å². The Morgan fingerprint density at radius 1 is 1.22 bits per heavy atom. The van der Waals surface area contributed by atoms with Crippen LogP contribution in [-0.2, 0) is 5.41 Å². The SMILES string of the molecule is CC1(C)C2=C(/C=C/C=C(C#N)C#N)CCCN2c2ccccc21. The van der Waals surface area contributed by atoms with E-state index in [-0.39, 0.29) is 11.0 Å². The Bertz CT molecular complexity index is 794. The van der Waals surface area contributed by atoms with Gasteiger partial charge in [-0.05, 0) is 36.1 Å². The molecule has 0 bridgehead atoms. The van der Waals surface area contributed by atoms with E-state index in [1.807, 2.05) is 18.2 Å². The first kappa shape index (κ1) is 15.1. The highest BCUT2D eigenvalue weighted by atomic mass is 15.2. The quantitative estimate of drug-likeness (QED) is 0.602. The predicted molar refractivity (Wildman–Crippen MR) is 91.5 cm³/mol. The van der Waals surface area contributed by atoms with Crippen molar-refractivity contribution in [3.8, 4) is 12.1 Å². The number of para-hydroxylation sites is 1. The van der Waals surface area contributed by atoms with Gasteiger partial charge in [-0.25, -0.2) is 0 Å². The number of hydrogen-bond donors (Lipinski definition) is 0. The third kappa shape index (κ3) is 2.45. The summed E-state index contributed by atoms with van der Waals surface area (Å²) in [6, 6.07) is 12.4. The van der Waals surface area contributed by atoms with Gasteiger partial charge in [0, 0.05) is 23.3 Å². The number of rotatable bonds is 2. The molecule has 0 radical (unpaired) electrons. The van der Waals surface area contributed by atoms with E-state index in [9.17, 15) is 0 Å². The zero-order valence-electron chi connectivity index (χ0n) is 13.5. The summed E-state index contributed by atoms with van der Waals surface area (Å²) in [6.07, 6.45) is 7.61. The molecule has 2 aliphatic heterocycles. The fourth-order valence-corrected chi connectivity index (χ4v) is 3.70. The van der Waals surface area contributed by atoms with Crippen LogP contribution in [0.3, 0.4) is 0 Å². The highest BCUT2D eigenvalue weighted by Gasteiger charge is 2.42. The standard InChI is InChI=1S/C20H19N3/c1-20(2)17-10-3-4-11-18(17)23-12-6-9-16(19(20)23)8-5-7-15(13-21)14-22/h3-5,7-8,10-11H,6,9,12H2,1-2H3/b8-5+. The second-order valence-electron chi connectivity index (χ2n) is 6.43. The smallest absolute Gasteiger partial charge is 0.129 e. The van der Waals surface area contributed by atoms with Crippen molar-refractivity contribution in [1.29, 1.82) is 10.5 Å². The molecule has 0 atom stereocenters. The average Bonchev–Trinajstić information content (AvgIpc) is 2.81. The van der Waals surface area contributed by atoms with Crippen molar-refractivity contribution in [3.05, 3.63) is 64.9 Å². The van der Waals surface area contributed by atoms with Crippen molar-refractivity contribution in [2.24, 2.45) is 0 Å². The molecule has 2 aliphatic rings. The van der Waals surface area contributed by atoms with Crippen molar-refractivity contribution in [3.63, 3.8) is 0 Å². The Morgan fingerprint density at radius 3 is 2.70 bits per heavy atom. The van der Waals surface area contributed by atoms with E-state index in [2.05, 4.69) is 49.1 Å². The van der Waals surface area contributed by atoms with E-state index >= 15 is 0 Å². The van der Waals surface area contributed by atoms with Crippen LogP contribution >= 0.6 is 0 Å². The van der Waals surface area contributed by atoms with Gasteiger partial charge in [0.25, 0.3) is 0 Å². The lowest BCUT2D eigenvalue weighted by Crippen LogP contribution is -2.31. The van der Waals surface area contributed by atoms with Gasteiger partial charge in [0.2, 0.25) is 0 Å². The maximum absolute atomic E-state index is 8.82. The average molecular weight is 301 g/mol. The van der Waals surface area contributed by atoms with Crippen molar-refractivity contribution in [2.45, 2.75) is 32.1 Å². The molecule has 2 heterocycles. The first-order valence-electron chi connectivity index (χ1n) is 7.89. The molecule has 0 aromatic heterocycles. The van der Waals surface area contributed by atoms with E-state index in [4.69, 9.17) is 10.5 Å². The summed E-state index contributed by atoms with van der Waals surface area (Å²) in [5.41, 5.74) is 5.44. The number of benzene rings is 1. The monoisotopic (exact) mass is 301 g/mol. The Labute approximate surface area is 137 Å². The summed E-state index contributed by atoms with van der Waals surface area (Å²) < 4.78 is 0. The molecular formula is C20H19N3. The molecular weight excluding hydrogens is 282 g/mol. The van der Waals surface area contributed by atoms with Gasteiger partial charge in [0.05, 0.1) is 0 Å². The van der Waals surface area contributed by atoms with Crippen LogP contribution in [0.1, 0.15) is 32.3 Å². The zero-order valence-corrected chi connectivity index (χ0v) is 13.5. The Morgan fingerprint density at radius 2 is 1.96 bits per heavy atom. The van der Waals surface area contributed by atoms with E-state index in [0.29, 0.717) is 0 Å². The predicted octanol–water partition coefficient (Wildman–Crippen LogP) is 4.36. The summed E-state index contributed by atoms with van der Waals surface area (Å²) in [5, 5.41) is 17.6. The van der Waals surface area contributed by atoms with Crippen LogP contribution in [0.15, 0.2) is 59.3 Å². The van der Waals surface area contributed by atoms with Crippen molar-refractivity contribution in [1.82, 2.24) is 0 Å². The third-order valence-electron chi connectivity index (χ3n) is 4.66. The van der Waals surface area contributed by atoms with Gasteiger partial charge in [-0.2, -0.15) is 10.5 Å². The highest BCUT2D eigenvalue weighted by molar-refractivity contribution is 5.72. The van der Waals surface area contributed by atoms with Gasteiger partial charge >= 0.3 is 0 Å². The van der Waals surface area contributed by atoms with Gasteiger partial charge in [-0.1, -0.05) is 44.2 Å². The summed E-state index contributed by atoms with van der Waals surface area (Å²) in [6.45, 7) is 5.59. The molecule has 0 saturated carbocycles. The lowest BCUT2D eigenvalue weighted by Gasteiger charge is -2.33. The first-order chi connectivity index (χ1) is 11.1. The molecule has 0 spiro atoms. The highest BCUT2D eigenvalue weighted by Crippen LogP contribution is 2.50. The summed E-state index contributed by atoms with van der Waals surface area (Å²) in [4.78, 5) is 2.43. The molecule has 23 heavy (non-hydrogen) atoms. The van der Waals surface area contributed by atoms with Gasteiger partial charge in [0.15, 0.2) is 0 Å². The second kappa shape index (κ2) is 5.78. The van der Waals surface area contributed by atoms with Crippen LogP contribution in [0.5, 0.6) is 0 Å². The van der Waals surface area contributed by atoms with Gasteiger partial charge in [-0.3, -0.25) is 0 Å². The van der Waals surface area contributed by atoms with E-state index in [1.54, 1.807) is 6.08 Å². The molecule has 0 amide bonds. The van der Waals surface area contributed by atoms with Crippen LogP contribution in [0, 0.1) is 22.7 Å². The normalized spacial score (nSPS) is 18.2. The van der Waals surface area contributed by atoms with Crippen LogP contribution in [0.2, 0.25) is 0 Å². The van der Waals surface area contributed by atoms with E-state index < -0.39 is 0 Å². The van der Waals surface area contributed by atoms with Gasteiger partial charge < -0.3 is 4.90 Å². The lowest BCUT2D eigenvalue weighted by atomic mass is 9.80. The molecule has 0 saturated heterocycles. The molecule has 0 unspecified atom stereocenters. The van der Waals surface area contributed by atoms with Crippen LogP contribution in [0.4, 0.5) is 5.69 Å². The van der Waals surface area contributed by atoms with Crippen molar-refractivity contribution in [2.75, 3.05) is 11.4 Å². The third-order valence-corrected chi connectivity index (χ3v) is 4.66. The van der Waals surface area contributed by atoms with E-state index in [0.717, 1.165) is 19.4 Å². The fourth-order valence-electron chi connectivity index (χ4n) is 3.70. The van der Waals surface area contributed by atoms with Crippen LogP contribution < -0.4 is 4.90 Å². The number of nitrogens with zero attached hydrogens (tertiary/aromatic N) is 3. The molecule has 1 aromatic rings. The Balaban J connectivity index is 2.06. The van der Waals surface area contributed by atoms with Crippen LogP contribution in [-0.4, -0.2) is 6.54 Å². The second-order valence-corrected chi connectivity index (χ2v) is 6.43. The van der Waals surface area contributed by atoms with Gasteiger partial charge in [-0.15, -0.1) is 0 Å². The van der Waals surface area contributed by atoms with Crippen LogP contribution in [0.25, 0.3) is 0 Å². The van der Waals surface area contributed by atoms with Crippen molar-refractivity contribution < 1.29 is 0 Å². The molecule has 0 fully saturated rings. The first-order valence-corrected chi connectivity index (χ1v) is 7.89. The molecule has 114 valence electrons. The number of fused-ring (bicyclic) bond motifs is 3.